The van der Waals surface area contributed by atoms with Crippen LogP contribution in [-0.4, -0.2) is 60.0 Å². The summed E-state index contributed by atoms with van der Waals surface area (Å²) in [6, 6.07) is 14.6. The molecular formula is C21H26N4O. The lowest BCUT2D eigenvalue weighted by atomic mass is 10.2. The van der Waals surface area contributed by atoms with Crippen LogP contribution in [0.5, 0.6) is 0 Å². The van der Waals surface area contributed by atoms with Gasteiger partial charge in [-0.3, -0.25) is 14.7 Å². The van der Waals surface area contributed by atoms with Crippen LogP contribution in [0.15, 0.2) is 48.7 Å². The molecule has 2 aromatic rings. The highest BCUT2D eigenvalue weighted by molar-refractivity contribution is 5.93. The Hall–Kier alpha value is -2.40. The number of aromatic nitrogens is 1. The first-order valence-corrected chi connectivity index (χ1v) is 9.56. The molecule has 1 aromatic carbocycles. The number of hydrogen-bond acceptors (Lipinski definition) is 4. The molecule has 0 spiro atoms. The van der Waals surface area contributed by atoms with Crippen molar-refractivity contribution in [2.24, 2.45) is 0 Å². The van der Waals surface area contributed by atoms with Gasteiger partial charge >= 0.3 is 0 Å². The number of likely N-dealkylation sites (tertiary alicyclic amines) is 1. The van der Waals surface area contributed by atoms with Crippen molar-refractivity contribution in [2.75, 3.05) is 44.2 Å². The number of hydrogen-bond donors (Lipinski definition) is 0. The Morgan fingerprint density at radius 1 is 0.923 bits per heavy atom. The smallest absolute Gasteiger partial charge is 0.272 e. The molecule has 26 heavy (non-hydrogen) atoms. The summed E-state index contributed by atoms with van der Waals surface area (Å²) >= 11 is 0. The molecule has 0 radical (unpaired) electrons. The van der Waals surface area contributed by atoms with Crippen molar-refractivity contribution in [3.8, 4) is 0 Å². The normalized spacial score (nSPS) is 18.3. The van der Waals surface area contributed by atoms with E-state index >= 15 is 0 Å². The van der Waals surface area contributed by atoms with E-state index in [4.69, 9.17) is 0 Å². The van der Waals surface area contributed by atoms with Crippen LogP contribution in [0.3, 0.4) is 0 Å². The zero-order valence-electron chi connectivity index (χ0n) is 15.2. The van der Waals surface area contributed by atoms with E-state index in [0.717, 1.165) is 64.3 Å². The van der Waals surface area contributed by atoms with Gasteiger partial charge in [0.25, 0.3) is 5.91 Å². The zero-order chi connectivity index (χ0) is 17.8. The predicted octanol–water partition coefficient (Wildman–Crippen LogP) is 2.64. The van der Waals surface area contributed by atoms with E-state index in [1.165, 1.54) is 5.56 Å². The second-order valence-electron chi connectivity index (χ2n) is 7.15. The highest BCUT2D eigenvalue weighted by Gasteiger charge is 2.22. The van der Waals surface area contributed by atoms with Gasteiger partial charge in [-0.2, -0.15) is 0 Å². The van der Waals surface area contributed by atoms with Gasteiger partial charge in [-0.15, -0.1) is 0 Å². The number of piperazine rings is 1. The number of benzene rings is 1. The van der Waals surface area contributed by atoms with Crippen molar-refractivity contribution < 1.29 is 4.79 Å². The molecule has 2 aliphatic heterocycles. The first-order valence-electron chi connectivity index (χ1n) is 9.56. The number of carbonyl (C=O) groups excluding carboxylic acids is 1. The van der Waals surface area contributed by atoms with Gasteiger partial charge in [0.1, 0.15) is 5.69 Å². The van der Waals surface area contributed by atoms with E-state index in [2.05, 4.69) is 45.1 Å². The Labute approximate surface area is 155 Å². The maximum Gasteiger partial charge on any atom is 0.272 e. The summed E-state index contributed by atoms with van der Waals surface area (Å²) in [5, 5.41) is 0. The van der Waals surface area contributed by atoms with E-state index in [1.807, 2.05) is 17.0 Å². The fourth-order valence-corrected chi connectivity index (χ4v) is 3.82. The molecule has 0 bridgehead atoms. The van der Waals surface area contributed by atoms with Crippen LogP contribution in [-0.2, 0) is 6.54 Å². The average Bonchev–Trinajstić information content (AvgIpc) is 3.24. The molecule has 2 fully saturated rings. The number of pyridine rings is 1. The van der Waals surface area contributed by atoms with Crippen molar-refractivity contribution in [1.29, 1.82) is 0 Å². The third-order valence-electron chi connectivity index (χ3n) is 5.34. The lowest BCUT2D eigenvalue weighted by Crippen LogP contribution is -2.46. The predicted molar refractivity (Wildman–Crippen MR) is 103 cm³/mol. The van der Waals surface area contributed by atoms with Gasteiger partial charge in [-0.1, -0.05) is 30.3 Å². The largest absolute Gasteiger partial charge is 0.369 e. The Morgan fingerprint density at radius 2 is 1.65 bits per heavy atom. The molecule has 5 nitrogen and oxygen atoms in total. The van der Waals surface area contributed by atoms with Gasteiger partial charge in [-0.05, 0) is 30.5 Å². The summed E-state index contributed by atoms with van der Waals surface area (Å²) in [5.41, 5.74) is 3.06. The molecule has 5 heteroatoms. The molecule has 2 saturated heterocycles. The molecule has 3 heterocycles. The molecule has 0 aliphatic carbocycles. The van der Waals surface area contributed by atoms with Crippen molar-refractivity contribution in [1.82, 2.24) is 14.8 Å². The summed E-state index contributed by atoms with van der Waals surface area (Å²) in [6.45, 7) is 6.76. The second kappa shape index (κ2) is 7.87. The topological polar surface area (TPSA) is 39.7 Å². The molecule has 0 unspecified atom stereocenters. The van der Waals surface area contributed by atoms with Crippen LogP contribution in [0.2, 0.25) is 0 Å². The van der Waals surface area contributed by atoms with Gasteiger partial charge in [0.05, 0.1) is 0 Å². The number of amides is 1. The Kier molecular flexibility index (Phi) is 5.16. The second-order valence-corrected chi connectivity index (χ2v) is 7.15. The minimum Gasteiger partial charge on any atom is -0.369 e. The molecule has 0 atom stereocenters. The van der Waals surface area contributed by atoms with E-state index < -0.39 is 0 Å². The van der Waals surface area contributed by atoms with Crippen LogP contribution < -0.4 is 4.90 Å². The Balaban J connectivity index is 1.37. The highest BCUT2D eigenvalue weighted by atomic mass is 16.2. The van der Waals surface area contributed by atoms with E-state index in [1.54, 1.807) is 6.20 Å². The fourth-order valence-electron chi connectivity index (χ4n) is 3.82. The first-order chi connectivity index (χ1) is 12.8. The molecule has 1 amide bonds. The lowest BCUT2D eigenvalue weighted by molar-refractivity contribution is 0.0787. The molecule has 0 saturated carbocycles. The van der Waals surface area contributed by atoms with E-state index in [9.17, 15) is 4.79 Å². The van der Waals surface area contributed by atoms with Gasteiger partial charge in [0, 0.05) is 57.7 Å². The first kappa shape index (κ1) is 17.0. The van der Waals surface area contributed by atoms with E-state index in [-0.39, 0.29) is 5.91 Å². The molecule has 2 aliphatic rings. The van der Waals surface area contributed by atoms with Crippen molar-refractivity contribution in [2.45, 2.75) is 19.4 Å². The van der Waals surface area contributed by atoms with Crippen LogP contribution in [0.4, 0.5) is 5.69 Å². The molecule has 1 aromatic heterocycles. The van der Waals surface area contributed by atoms with Gasteiger partial charge in [0.2, 0.25) is 0 Å². The monoisotopic (exact) mass is 350 g/mol. The summed E-state index contributed by atoms with van der Waals surface area (Å²) in [7, 11) is 0. The van der Waals surface area contributed by atoms with Crippen LogP contribution in [0.1, 0.15) is 28.9 Å². The number of nitrogens with zero attached hydrogens (tertiary/aromatic N) is 4. The number of carbonyl (C=O) groups is 1. The summed E-state index contributed by atoms with van der Waals surface area (Å²) < 4.78 is 0. The van der Waals surface area contributed by atoms with Crippen molar-refractivity contribution in [3.05, 3.63) is 59.9 Å². The highest BCUT2D eigenvalue weighted by Crippen LogP contribution is 2.20. The molecule has 4 rings (SSSR count). The average molecular weight is 350 g/mol. The standard InChI is InChI=1S/C21H26N4O/c26-21(25-10-4-5-11-25)20-16-19(8-9-22-20)24-14-12-23(13-15-24)17-18-6-2-1-3-7-18/h1-3,6-9,16H,4-5,10-15,17H2. The molecule has 0 N–H and O–H groups in total. The molecule has 136 valence electrons. The van der Waals surface area contributed by atoms with Gasteiger partial charge in [-0.25, -0.2) is 0 Å². The third-order valence-corrected chi connectivity index (χ3v) is 5.34. The van der Waals surface area contributed by atoms with Gasteiger partial charge in [0.15, 0.2) is 0 Å². The SMILES string of the molecule is O=C(c1cc(N2CCN(Cc3ccccc3)CC2)ccn1)N1CCCC1. The maximum atomic E-state index is 12.6. The van der Waals surface area contributed by atoms with Crippen LogP contribution in [0.25, 0.3) is 0 Å². The minimum absolute atomic E-state index is 0.0760. The quantitative estimate of drug-likeness (QED) is 0.850. The zero-order valence-corrected chi connectivity index (χ0v) is 15.2. The summed E-state index contributed by atoms with van der Waals surface area (Å²) in [6.07, 6.45) is 3.98. The Morgan fingerprint density at radius 3 is 2.38 bits per heavy atom. The summed E-state index contributed by atoms with van der Waals surface area (Å²) in [4.78, 5) is 23.7. The lowest BCUT2D eigenvalue weighted by Gasteiger charge is -2.36. The summed E-state index contributed by atoms with van der Waals surface area (Å²) in [5.74, 6) is 0.0760. The van der Waals surface area contributed by atoms with Gasteiger partial charge < -0.3 is 9.80 Å². The fraction of sp³-hybridized carbons (Fsp3) is 0.429. The third kappa shape index (κ3) is 3.88. The van der Waals surface area contributed by atoms with E-state index in [0.29, 0.717) is 5.69 Å². The van der Waals surface area contributed by atoms with Crippen LogP contribution in [0, 0.1) is 0 Å². The number of rotatable bonds is 4. The van der Waals surface area contributed by atoms with Crippen molar-refractivity contribution in [3.63, 3.8) is 0 Å². The Bertz CT molecular complexity index is 735. The maximum absolute atomic E-state index is 12.6. The molecular weight excluding hydrogens is 324 g/mol. The number of anilines is 1. The van der Waals surface area contributed by atoms with Crippen molar-refractivity contribution >= 4 is 11.6 Å². The van der Waals surface area contributed by atoms with Crippen LogP contribution >= 0.6 is 0 Å². The minimum atomic E-state index is 0.0760.